The number of anilines is 1. The average Bonchev–Trinajstić information content (AvgIpc) is 3.11. The normalized spacial score (nSPS) is 10.9. The van der Waals surface area contributed by atoms with Crippen LogP contribution in [0.2, 0.25) is 0 Å². The van der Waals surface area contributed by atoms with Gasteiger partial charge in [0.05, 0.1) is 0 Å². The highest BCUT2D eigenvalue weighted by atomic mass is 32.1. The molecule has 8 nitrogen and oxygen atoms in total. The summed E-state index contributed by atoms with van der Waals surface area (Å²) in [6.07, 6.45) is 5.06. The quantitative estimate of drug-likeness (QED) is 0.576. The number of nitrogens with zero attached hydrogens (tertiary/aromatic N) is 3. The molecule has 0 fully saturated rings. The van der Waals surface area contributed by atoms with Crippen LogP contribution < -0.4 is 10.9 Å². The van der Waals surface area contributed by atoms with Crippen LogP contribution in [0.1, 0.15) is 73.9 Å². The van der Waals surface area contributed by atoms with E-state index in [0.717, 1.165) is 61.3 Å². The number of aryl methyl sites for hydroxylation is 1. The number of rotatable bonds is 11. The lowest BCUT2D eigenvalue weighted by Gasteiger charge is -2.18. The Bertz CT molecular complexity index is 920. The van der Waals surface area contributed by atoms with Gasteiger partial charge in [-0.25, -0.2) is 4.98 Å². The Kier molecular flexibility index (Phi) is 8.50. The summed E-state index contributed by atoms with van der Waals surface area (Å²) in [5.74, 6) is -1.47. The first-order chi connectivity index (χ1) is 13.9. The summed E-state index contributed by atoms with van der Waals surface area (Å²) in [7, 11) is 0. The molecule has 158 valence electrons. The highest BCUT2D eigenvalue weighted by molar-refractivity contribution is 7.09. The number of unbranched alkanes of at least 4 members (excludes halogenated alkanes) is 2. The number of carbonyl (C=O) groups excluding carboxylic acids is 1. The van der Waals surface area contributed by atoms with E-state index in [1.165, 1.54) is 0 Å². The average molecular weight is 421 g/mol. The highest BCUT2D eigenvalue weighted by Gasteiger charge is 2.20. The molecule has 0 unspecified atom stereocenters. The number of pyridine rings is 1. The van der Waals surface area contributed by atoms with Crippen molar-refractivity contribution in [1.29, 1.82) is 0 Å². The second-order valence-corrected chi connectivity index (χ2v) is 7.59. The van der Waals surface area contributed by atoms with Gasteiger partial charge in [0.25, 0.3) is 11.5 Å². The molecule has 9 heteroatoms. The maximum absolute atomic E-state index is 13.1. The summed E-state index contributed by atoms with van der Waals surface area (Å²) in [5.41, 5.74) is 1.80. The molecule has 0 aliphatic heterocycles. The molecule has 2 rings (SSSR count). The van der Waals surface area contributed by atoms with Gasteiger partial charge in [0.2, 0.25) is 5.13 Å². The number of carboxylic acid groups (broad SMARTS) is 1. The Hall–Kier alpha value is -2.55. The van der Waals surface area contributed by atoms with Crippen molar-refractivity contribution in [2.24, 2.45) is 0 Å². The Balaban J connectivity index is 2.37. The zero-order valence-electron chi connectivity index (χ0n) is 17.2. The minimum absolute atomic E-state index is 0.0770. The molecule has 0 aliphatic rings. The summed E-state index contributed by atoms with van der Waals surface area (Å²) in [4.78, 5) is 40.6. The van der Waals surface area contributed by atoms with Crippen LogP contribution in [-0.2, 0) is 30.6 Å². The van der Waals surface area contributed by atoms with Crippen molar-refractivity contribution < 1.29 is 14.7 Å². The Morgan fingerprint density at radius 1 is 1.21 bits per heavy atom. The van der Waals surface area contributed by atoms with Gasteiger partial charge in [0, 0.05) is 23.8 Å². The third-order valence-electron chi connectivity index (χ3n) is 4.62. The molecule has 1 amide bonds. The lowest BCUT2D eigenvalue weighted by molar-refractivity contribution is -0.136. The number of amides is 1. The van der Waals surface area contributed by atoms with Crippen molar-refractivity contribution in [3.8, 4) is 0 Å². The van der Waals surface area contributed by atoms with E-state index in [1.807, 2.05) is 6.92 Å². The van der Waals surface area contributed by atoms with Crippen LogP contribution in [-0.4, -0.2) is 30.9 Å². The van der Waals surface area contributed by atoms with Gasteiger partial charge >= 0.3 is 5.97 Å². The van der Waals surface area contributed by atoms with E-state index in [2.05, 4.69) is 28.5 Å². The molecule has 2 heterocycles. The highest BCUT2D eigenvalue weighted by Crippen LogP contribution is 2.17. The van der Waals surface area contributed by atoms with Crippen LogP contribution in [0.25, 0.3) is 0 Å². The zero-order chi connectivity index (χ0) is 21.4. The summed E-state index contributed by atoms with van der Waals surface area (Å²) in [6, 6.07) is 1.68. The van der Waals surface area contributed by atoms with E-state index in [4.69, 9.17) is 5.11 Å². The Labute approximate surface area is 174 Å². The van der Waals surface area contributed by atoms with Crippen LogP contribution in [0, 0.1) is 0 Å². The van der Waals surface area contributed by atoms with Gasteiger partial charge in [-0.15, -0.1) is 0 Å². The number of nitrogens with one attached hydrogen (secondary N) is 1. The predicted octanol–water partition coefficient (Wildman–Crippen LogP) is 3.28. The molecule has 0 saturated carbocycles. The lowest BCUT2D eigenvalue weighted by atomic mass is 10.0. The summed E-state index contributed by atoms with van der Waals surface area (Å²) in [6.45, 7) is 6.79. The summed E-state index contributed by atoms with van der Waals surface area (Å²) in [5, 5.41) is 11.6. The van der Waals surface area contributed by atoms with Gasteiger partial charge in [-0.2, -0.15) is 4.37 Å². The van der Waals surface area contributed by atoms with E-state index in [0.29, 0.717) is 6.54 Å². The van der Waals surface area contributed by atoms with Crippen LogP contribution in [0.15, 0.2) is 10.9 Å². The SMILES string of the molecule is CCCCc1c(CC)cc(C(=O)Nc2nc(CC(=O)O)ns2)c(=O)n1CCCC. The van der Waals surface area contributed by atoms with E-state index in [9.17, 15) is 14.4 Å². The van der Waals surface area contributed by atoms with Crippen LogP contribution in [0.3, 0.4) is 0 Å². The maximum atomic E-state index is 13.1. The number of aromatic nitrogens is 3. The lowest BCUT2D eigenvalue weighted by Crippen LogP contribution is -2.32. The van der Waals surface area contributed by atoms with Gasteiger partial charge in [-0.3, -0.25) is 19.7 Å². The first kappa shape index (κ1) is 22.7. The Morgan fingerprint density at radius 3 is 2.55 bits per heavy atom. The third kappa shape index (κ3) is 5.96. The molecule has 29 heavy (non-hydrogen) atoms. The van der Waals surface area contributed by atoms with Crippen molar-refractivity contribution in [1.82, 2.24) is 13.9 Å². The molecule has 0 atom stereocenters. The second kappa shape index (κ2) is 10.8. The number of hydrogen-bond acceptors (Lipinski definition) is 6. The fourth-order valence-corrected chi connectivity index (χ4v) is 3.68. The topological polar surface area (TPSA) is 114 Å². The maximum Gasteiger partial charge on any atom is 0.311 e. The summed E-state index contributed by atoms with van der Waals surface area (Å²) >= 11 is 0.897. The van der Waals surface area contributed by atoms with Gasteiger partial charge in [-0.1, -0.05) is 33.6 Å². The van der Waals surface area contributed by atoms with Crippen molar-refractivity contribution in [3.63, 3.8) is 0 Å². The number of aliphatic carboxylic acids is 1. The number of hydrogen-bond donors (Lipinski definition) is 2. The number of carboxylic acids is 1. The first-order valence-corrected chi connectivity index (χ1v) is 10.8. The molecule has 2 aromatic rings. The predicted molar refractivity (Wildman–Crippen MR) is 113 cm³/mol. The molecule has 0 radical (unpaired) electrons. The monoisotopic (exact) mass is 420 g/mol. The fourth-order valence-electron chi connectivity index (χ4n) is 3.10. The third-order valence-corrected chi connectivity index (χ3v) is 5.28. The molecule has 0 aromatic carbocycles. The van der Waals surface area contributed by atoms with E-state index in [1.54, 1.807) is 10.6 Å². The van der Waals surface area contributed by atoms with Crippen LogP contribution in [0.5, 0.6) is 0 Å². The Morgan fingerprint density at radius 2 is 1.93 bits per heavy atom. The van der Waals surface area contributed by atoms with Crippen molar-refractivity contribution >= 4 is 28.5 Å². The van der Waals surface area contributed by atoms with Crippen LogP contribution in [0.4, 0.5) is 5.13 Å². The second-order valence-electron chi connectivity index (χ2n) is 6.84. The molecular formula is C20H28N4O4S. The van der Waals surface area contributed by atoms with Gasteiger partial charge in [-0.05, 0) is 37.3 Å². The molecule has 0 saturated heterocycles. The smallest absolute Gasteiger partial charge is 0.311 e. The van der Waals surface area contributed by atoms with Crippen LogP contribution >= 0.6 is 11.5 Å². The van der Waals surface area contributed by atoms with Gasteiger partial charge < -0.3 is 9.67 Å². The molecular weight excluding hydrogens is 392 g/mol. The summed E-state index contributed by atoms with van der Waals surface area (Å²) < 4.78 is 5.67. The minimum atomic E-state index is -1.05. The van der Waals surface area contributed by atoms with Gasteiger partial charge in [0.15, 0.2) is 5.82 Å². The standard InChI is InChI=1S/C20H28N4O4S/c1-4-7-9-15-13(6-3)11-14(19(28)24(15)10-8-5-2)18(27)22-20-21-16(23-29-20)12-17(25)26/h11H,4-10,12H2,1-3H3,(H,25,26)(H,21,22,23,27). The van der Waals surface area contributed by atoms with E-state index in [-0.39, 0.29) is 28.5 Å². The fraction of sp³-hybridized carbons (Fsp3) is 0.550. The molecule has 0 bridgehead atoms. The van der Waals surface area contributed by atoms with Crippen molar-refractivity contribution in [2.45, 2.75) is 72.3 Å². The zero-order valence-corrected chi connectivity index (χ0v) is 18.0. The first-order valence-electron chi connectivity index (χ1n) is 10.0. The van der Waals surface area contributed by atoms with Crippen molar-refractivity contribution in [3.05, 3.63) is 39.1 Å². The van der Waals surface area contributed by atoms with Crippen molar-refractivity contribution in [2.75, 3.05) is 5.32 Å². The largest absolute Gasteiger partial charge is 0.481 e. The molecule has 0 spiro atoms. The molecule has 2 aromatic heterocycles. The van der Waals surface area contributed by atoms with E-state index < -0.39 is 11.9 Å². The minimum Gasteiger partial charge on any atom is -0.481 e. The molecule has 0 aliphatic carbocycles. The molecule has 2 N–H and O–H groups in total. The van der Waals surface area contributed by atoms with E-state index >= 15 is 0 Å². The number of carbonyl (C=O) groups is 2. The van der Waals surface area contributed by atoms with Gasteiger partial charge in [0.1, 0.15) is 12.0 Å².